The molecule has 2 aliphatic carbocycles. The van der Waals surface area contributed by atoms with Gasteiger partial charge in [-0.3, -0.25) is 4.98 Å². The minimum atomic E-state index is -5.57. The number of fused-ring (bicyclic) bond motifs is 4. The van der Waals surface area contributed by atoms with E-state index in [4.69, 9.17) is 6.42 Å². The van der Waals surface area contributed by atoms with Crippen molar-refractivity contribution in [2.75, 3.05) is 0 Å². The molecule has 2 unspecified atom stereocenters. The number of halogens is 6. The Bertz CT molecular complexity index is 1200. The Morgan fingerprint density at radius 3 is 2.00 bits per heavy atom. The molecule has 0 amide bonds. The van der Waals surface area contributed by atoms with Crippen LogP contribution in [0.4, 0.5) is 26.3 Å². The van der Waals surface area contributed by atoms with Crippen LogP contribution in [-0.4, -0.2) is 32.2 Å². The van der Waals surface area contributed by atoms with Gasteiger partial charge in [-0.05, 0) is 49.3 Å². The highest BCUT2D eigenvalue weighted by Gasteiger charge is 2.84. The van der Waals surface area contributed by atoms with Gasteiger partial charge in [-0.2, -0.15) is 26.3 Å². The fraction of sp³-hybridized carbons (Fsp3) is 0.318. The van der Waals surface area contributed by atoms with Crippen molar-refractivity contribution in [1.82, 2.24) is 4.98 Å². The molecule has 160 valence electrons. The third-order valence-corrected chi connectivity index (χ3v) is 9.59. The van der Waals surface area contributed by atoms with E-state index in [0.29, 0.717) is 10.6 Å². The Kier molecular flexibility index (Phi) is 3.93. The molecule has 1 saturated carbocycles. The van der Waals surface area contributed by atoms with E-state index >= 15 is 8.78 Å². The van der Waals surface area contributed by atoms with Gasteiger partial charge in [-0.15, -0.1) is 29.9 Å². The van der Waals surface area contributed by atoms with Gasteiger partial charge in [-0.1, -0.05) is 12.0 Å². The van der Waals surface area contributed by atoms with E-state index < -0.39 is 38.4 Å². The van der Waals surface area contributed by atoms with Crippen LogP contribution in [0.15, 0.2) is 63.7 Å². The lowest BCUT2D eigenvalue weighted by molar-refractivity contribution is -0.258. The molecule has 5 rings (SSSR count). The number of thioether (sulfide) groups is 2. The molecular formula is C22H13F6NS2. The molecule has 4 aliphatic rings. The van der Waals surface area contributed by atoms with E-state index in [1.165, 1.54) is 18.3 Å². The van der Waals surface area contributed by atoms with Crippen LogP contribution < -0.4 is 0 Å². The highest BCUT2D eigenvalue weighted by atomic mass is 32.2. The summed E-state index contributed by atoms with van der Waals surface area (Å²) < 4.78 is 86.4. The molecule has 3 heterocycles. The van der Waals surface area contributed by atoms with Gasteiger partial charge in [0.25, 0.3) is 0 Å². The molecule has 1 fully saturated rings. The van der Waals surface area contributed by atoms with Crippen LogP contribution in [-0.2, 0) is 0 Å². The zero-order valence-electron chi connectivity index (χ0n) is 16.1. The van der Waals surface area contributed by atoms with Gasteiger partial charge in [0, 0.05) is 22.2 Å². The second kappa shape index (κ2) is 5.84. The molecule has 0 saturated heterocycles. The van der Waals surface area contributed by atoms with E-state index in [1.54, 1.807) is 32.0 Å². The van der Waals surface area contributed by atoms with E-state index in [2.05, 4.69) is 10.9 Å². The number of nitrogens with zero attached hydrogens (tertiary/aromatic N) is 1. The molecule has 0 N–H and O–H groups in total. The van der Waals surface area contributed by atoms with Crippen molar-refractivity contribution >= 4 is 28.4 Å². The van der Waals surface area contributed by atoms with Crippen LogP contribution in [0.3, 0.4) is 0 Å². The zero-order valence-corrected chi connectivity index (χ0v) is 17.7. The SMILES string of the molecule is C#CC1=CC2=C3C(=C4C=C(c5ccccn5)SC4(C)C2(C)S1)C(F)(F)C(F)(F)C3(F)F. The molecular weight excluding hydrogens is 456 g/mol. The second-order valence-corrected chi connectivity index (χ2v) is 10.9. The summed E-state index contributed by atoms with van der Waals surface area (Å²) in [5.74, 6) is -13.3. The fourth-order valence-corrected chi connectivity index (χ4v) is 7.53. The van der Waals surface area contributed by atoms with Crippen LogP contribution in [0.25, 0.3) is 4.91 Å². The first-order valence-corrected chi connectivity index (χ1v) is 10.8. The molecule has 31 heavy (non-hydrogen) atoms. The minimum Gasteiger partial charge on any atom is -0.256 e. The monoisotopic (exact) mass is 469 g/mol. The Balaban J connectivity index is 1.89. The Hall–Kier alpha value is -2.05. The summed E-state index contributed by atoms with van der Waals surface area (Å²) in [7, 11) is 0. The van der Waals surface area contributed by atoms with Crippen molar-refractivity contribution in [2.24, 2.45) is 0 Å². The maximum Gasteiger partial charge on any atom is 0.380 e. The lowest BCUT2D eigenvalue weighted by Gasteiger charge is -2.47. The van der Waals surface area contributed by atoms with Gasteiger partial charge in [0.1, 0.15) is 0 Å². The van der Waals surface area contributed by atoms with Crippen molar-refractivity contribution in [3.63, 3.8) is 0 Å². The molecule has 9 heteroatoms. The Labute approximate surface area is 182 Å². The predicted molar refractivity (Wildman–Crippen MR) is 110 cm³/mol. The Morgan fingerprint density at radius 2 is 1.45 bits per heavy atom. The summed E-state index contributed by atoms with van der Waals surface area (Å²) in [6.07, 6.45) is 9.44. The first-order chi connectivity index (χ1) is 14.3. The first-order valence-electron chi connectivity index (χ1n) is 9.16. The highest BCUT2D eigenvalue weighted by Crippen LogP contribution is 2.74. The van der Waals surface area contributed by atoms with Crippen molar-refractivity contribution < 1.29 is 26.3 Å². The average molecular weight is 469 g/mol. The van der Waals surface area contributed by atoms with Gasteiger partial charge < -0.3 is 0 Å². The van der Waals surface area contributed by atoms with Crippen molar-refractivity contribution in [3.8, 4) is 12.3 Å². The molecule has 1 aromatic heterocycles. The van der Waals surface area contributed by atoms with Gasteiger partial charge >= 0.3 is 17.8 Å². The van der Waals surface area contributed by atoms with Crippen molar-refractivity contribution in [3.05, 3.63) is 69.4 Å². The third-order valence-electron chi connectivity index (χ3n) is 6.38. The lowest BCUT2D eigenvalue weighted by Crippen LogP contribution is -2.48. The normalized spacial score (nSPS) is 34.0. The number of terminal acetylenes is 1. The van der Waals surface area contributed by atoms with Crippen LogP contribution in [0, 0.1) is 12.3 Å². The number of allylic oxidation sites excluding steroid dienone is 5. The maximum atomic E-state index is 15.0. The van der Waals surface area contributed by atoms with Crippen LogP contribution in [0.1, 0.15) is 19.5 Å². The summed E-state index contributed by atoms with van der Waals surface area (Å²) in [6.45, 7) is 3.19. The van der Waals surface area contributed by atoms with Gasteiger partial charge in [-0.25, -0.2) is 0 Å². The minimum absolute atomic E-state index is 0.230. The summed E-state index contributed by atoms with van der Waals surface area (Å²) in [4.78, 5) is 4.88. The number of pyridine rings is 1. The number of hydrogen-bond acceptors (Lipinski definition) is 3. The topological polar surface area (TPSA) is 12.9 Å². The lowest BCUT2D eigenvalue weighted by atomic mass is 9.71. The molecule has 0 radical (unpaired) electrons. The fourth-order valence-electron chi connectivity index (χ4n) is 4.62. The number of alkyl halides is 6. The summed E-state index contributed by atoms with van der Waals surface area (Å²) in [6, 6.07) is 5.00. The van der Waals surface area contributed by atoms with Gasteiger partial charge in [0.05, 0.1) is 20.1 Å². The highest BCUT2D eigenvalue weighted by molar-refractivity contribution is 8.12. The van der Waals surface area contributed by atoms with Gasteiger partial charge in [0.15, 0.2) is 0 Å². The van der Waals surface area contributed by atoms with Crippen LogP contribution in [0.5, 0.6) is 0 Å². The van der Waals surface area contributed by atoms with E-state index in [1.807, 2.05) is 0 Å². The van der Waals surface area contributed by atoms with E-state index in [-0.39, 0.29) is 16.1 Å². The smallest absolute Gasteiger partial charge is 0.256 e. The second-order valence-electron chi connectivity index (χ2n) is 7.95. The summed E-state index contributed by atoms with van der Waals surface area (Å²) in [5, 5.41) is 0. The van der Waals surface area contributed by atoms with Crippen molar-refractivity contribution in [1.29, 1.82) is 0 Å². The predicted octanol–water partition coefficient (Wildman–Crippen LogP) is 6.48. The van der Waals surface area contributed by atoms with E-state index in [9.17, 15) is 17.6 Å². The quantitative estimate of drug-likeness (QED) is 0.345. The molecule has 2 aliphatic heterocycles. The molecule has 0 spiro atoms. The van der Waals surface area contributed by atoms with Crippen LogP contribution in [0.2, 0.25) is 0 Å². The largest absolute Gasteiger partial charge is 0.380 e. The Morgan fingerprint density at radius 1 is 0.871 bits per heavy atom. The number of rotatable bonds is 1. The molecule has 2 atom stereocenters. The molecule has 0 bridgehead atoms. The standard InChI is InChI=1S/C22H13F6NS2/c1-4-11-9-12-16-17(21(25,26)22(27,28)20(16,23)24)13-10-15(14-7-5-6-8-29-14)31-19(13,3)18(12,2)30-11/h1,5-10H,2-3H3. The third kappa shape index (κ3) is 2.18. The van der Waals surface area contributed by atoms with Gasteiger partial charge in [0.2, 0.25) is 0 Å². The number of hydrogen-bond donors (Lipinski definition) is 0. The first kappa shape index (κ1) is 20.8. The summed E-state index contributed by atoms with van der Waals surface area (Å²) in [5.41, 5.74) is -2.67. The zero-order chi connectivity index (χ0) is 22.6. The van der Waals surface area contributed by atoms with E-state index in [0.717, 1.165) is 23.5 Å². The molecule has 0 aromatic carbocycles. The maximum absolute atomic E-state index is 15.0. The average Bonchev–Trinajstić information content (AvgIpc) is 3.28. The van der Waals surface area contributed by atoms with Crippen molar-refractivity contribution in [2.45, 2.75) is 41.1 Å². The van der Waals surface area contributed by atoms with Crippen LogP contribution >= 0.6 is 23.5 Å². The molecule has 1 nitrogen and oxygen atoms in total. The summed E-state index contributed by atoms with van der Waals surface area (Å²) >= 11 is 2.20. The number of aromatic nitrogens is 1. The molecule has 1 aromatic rings.